The molecule has 2 aromatic heterocycles. The molecule has 8 heteroatoms. The van der Waals surface area contributed by atoms with Gasteiger partial charge < -0.3 is 15.5 Å². The Morgan fingerprint density at radius 3 is 2.80 bits per heavy atom. The molecule has 1 amide bonds. The maximum atomic E-state index is 12.2. The fraction of sp³-hybridized carbons (Fsp3) is 0.250. The lowest BCUT2D eigenvalue weighted by atomic mass is 10.2. The first kappa shape index (κ1) is 14.5. The van der Waals surface area contributed by atoms with Gasteiger partial charge in [-0.15, -0.1) is 0 Å². The summed E-state index contributed by atoms with van der Waals surface area (Å²) >= 11 is 3.30. The van der Waals surface area contributed by atoms with Crippen molar-refractivity contribution in [3.8, 4) is 0 Å². The number of pyridine rings is 1. The van der Waals surface area contributed by atoms with Crippen molar-refractivity contribution in [3.05, 3.63) is 34.2 Å². The van der Waals surface area contributed by atoms with Crippen LogP contribution in [0.3, 0.4) is 0 Å². The van der Waals surface area contributed by atoms with Crippen LogP contribution in [-0.4, -0.2) is 44.1 Å². The molecule has 0 aromatic carbocycles. The van der Waals surface area contributed by atoms with Gasteiger partial charge in [0, 0.05) is 10.7 Å². The highest BCUT2D eigenvalue weighted by molar-refractivity contribution is 9.10. The lowest BCUT2D eigenvalue weighted by Gasteiger charge is -2.11. The normalized spacial score (nSPS) is 12.3. The molecule has 7 nitrogen and oxygen atoms in total. The number of hydrogen-bond acceptors (Lipinski definition) is 4. The van der Waals surface area contributed by atoms with Crippen LogP contribution in [0.4, 0.5) is 0 Å². The molecule has 0 saturated carbocycles. The van der Waals surface area contributed by atoms with Gasteiger partial charge in [0.15, 0.2) is 6.04 Å². The molecule has 0 aliphatic rings. The van der Waals surface area contributed by atoms with Crippen molar-refractivity contribution in [2.45, 2.75) is 13.0 Å². The molecule has 1 atom stereocenters. The van der Waals surface area contributed by atoms with E-state index in [0.29, 0.717) is 11.3 Å². The molecule has 0 bridgehead atoms. The summed E-state index contributed by atoms with van der Waals surface area (Å²) in [6.07, 6.45) is 1.67. The molecule has 0 radical (unpaired) electrons. The van der Waals surface area contributed by atoms with E-state index in [9.17, 15) is 9.59 Å². The number of aryl methyl sites for hydroxylation is 1. The Bertz CT molecular complexity index is 683. The number of carboxylic acids is 1. The van der Waals surface area contributed by atoms with E-state index in [-0.39, 0.29) is 5.69 Å². The number of hydrogen-bond donors (Lipinski definition) is 3. The Labute approximate surface area is 122 Å². The topological polar surface area (TPSA) is 104 Å². The quantitative estimate of drug-likeness (QED) is 0.754. The summed E-state index contributed by atoms with van der Waals surface area (Å²) < 4.78 is 2.32. The summed E-state index contributed by atoms with van der Waals surface area (Å²) in [4.78, 5) is 27.2. The Morgan fingerprint density at radius 2 is 2.20 bits per heavy atom. The third-order valence-electron chi connectivity index (χ3n) is 2.76. The Hall–Kier alpha value is -1.93. The molecule has 106 valence electrons. The second-order valence-electron chi connectivity index (χ2n) is 4.17. The van der Waals surface area contributed by atoms with Crippen LogP contribution in [0.25, 0.3) is 5.65 Å². The standard InChI is InChI=1S/C12H12BrN3O4/c1-6-10(11(18)15-8(5-17)12(19)20)16-4-7(13)2-3-9(16)14-6/h2-4,8,17H,5H2,1H3,(H,15,18)(H,19,20). The van der Waals surface area contributed by atoms with Crippen molar-refractivity contribution in [3.63, 3.8) is 0 Å². The van der Waals surface area contributed by atoms with Gasteiger partial charge in [0.05, 0.1) is 12.3 Å². The van der Waals surface area contributed by atoms with Crippen LogP contribution >= 0.6 is 15.9 Å². The predicted octanol–water partition coefficient (Wildman–Crippen LogP) is 0.581. The summed E-state index contributed by atoms with van der Waals surface area (Å²) in [5.74, 6) is -1.90. The van der Waals surface area contributed by atoms with Gasteiger partial charge >= 0.3 is 5.97 Å². The SMILES string of the molecule is Cc1nc2ccc(Br)cn2c1C(=O)NC(CO)C(=O)O. The average molecular weight is 342 g/mol. The molecular weight excluding hydrogens is 330 g/mol. The first-order valence-corrected chi connectivity index (χ1v) is 6.52. The number of fused-ring (bicyclic) bond motifs is 1. The minimum absolute atomic E-state index is 0.237. The first-order valence-electron chi connectivity index (χ1n) is 5.72. The number of aliphatic carboxylic acids is 1. The molecule has 0 spiro atoms. The number of nitrogens with one attached hydrogen (secondary N) is 1. The van der Waals surface area contributed by atoms with Gasteiger partial charge in [-0.05, 0) is 35.0 Å². The molecule has 0 aliphatic carbocycles. The maximum absolute atomic E-state index is 12.2. The third-order valence-corrected chi connectivity index (χ3v) is 3.23. The average Bonchev–Trinajstić information content (AvgIpc) is 2.70. The van der Waals surface area contributed by atoms with E-state index in [0.717, 1.165) is 4.47 Å². The fourth-order valence-corrected chi connectivity index (χ4v) is 2.16. The van der Waals surface area contributed by atoms with Crippen molar-refractivity contribution in [1.29, 1.82) is 0 Å². The molecule has 0 aliphatic heterocycles. The van der Waals surface area contributed by atoms with E-state index in [1.165, 1.54) is 0 Å². The summed E-state index contributed by atoms with van der Waals surface area (Å²) in [6.45, 7) is 0.977. The monoisotopic (exact) mass is 341 g/mol. The zero-order chi connectivity index (χ0) is 14.9. The summed E-state index contributed by atoms with van der Waals surface area (Å²) in [5.41, 5.74) is 1.29. The van der Waals surface area contributed by atoms with E-state index >= 15 is 0 Å². The van der Waals surface area contributed by atoms with E-state index in [2.05, 4.69) is 26.2 Å². The van der Waals surface area contributed by atoms with Crippen molar-refractivity contribution in [1.82, 2.24) is 14.7 Å². The van der Waals surface area contributed by atoms with Gasteiger partial charge in [-0.1, -0.05) is 0 Å². The number of rotatable bonds is 4. The van der Waals surface area contributed by atoms with Crippen LogP contribution in [-0.2, 0) is 4.79 Å². The van der Waals surface area contributed by atoms with E-state index in [1.54, 1.807) is 29.7 Å². The van der Waals surface area contributed by atoms with Crippen LogP contribution in [0, 0.1) is 6.92 Å². The van der Waals surface area contributed by atoms with E-state index in [4.69, 9.17) is 10.2 Å². The lowest BCUT2D eigenvalue weighted by molar-refractivity contribution is -0.140. The number of carbonyl (C=O) groups excluding carboxylic acids is 1. The van der Waals surface area contributed by atoms with Gasteiger partial charge in [0.2, 0.25) is 0 Å². The predicted molar refractivity (Wildman–Crippen MR) is 73.6 cm³/mol. The van der Waals surface area contributed by atoms with Crippen molar-refractivity contribution < 1.29 is 19.8 Å². The van der Waals surface area contributed by atoms with Gasteiger partial charge in [-0.25, -0.2) is 9.78 Å². The smallest absolute Gasteiger partial charge is 0.328 e. The zero-order valence-corrected chi connectivity index (χ0v) is 12.1. The highest BCUT2D eigenvalue weighted by atomic mass is 79.9. The second kappa shape index (κ2) is 5.59. The maximum Gasteiger partial charge on any atom is 0.328 e. The number of aliphatic hydroxyl groups excluding tert-OH is 1. The molecule has 2 heterocycles. The first-order chi connectivity index (χ1) is 9.43. The van der Waals surface area contributed by atoms with Gasteiger partial charge in [-0.3, -0.25) is 9.20 Å². The molecule has 2 aromatic rings. The van der Waals surface area contributed by atoms with Crippen LogP contribution in [0.2, 0.25) is 0 Å². The number of halogens is 1. The number of imidazole rings is 1. The molecule has 3 N–H and O–H groups in total. The Kier molecular flexibility index (Phi) is 4.05. The molecule has 1 unspecified atom stereocenters. The minimum atomic E-state index is -1.35. The van der Waals surface area contributed by atoms with Crippen LogP contribution < -0.4 is 5.32 Å². The minimum Gasteiger partial charge on any atom is -0.480 e. The molecule has 0 fully saturated rings. The van der Waals surface area contributed by atoms with Crippen LogP contribution in [0.15, 0.2) is 22.8 Å². The van der Waals surface area contributed by atoms with Crippen molar-refractivity contribution >= 4 is 33.5 Å². The zero-order valence-electron chi connectivity index (χ0n) is 10.5. The number of aromatic nitrogens is 2. The Morgan fingerprint density at radius 1 is 1.50 bits per heavy atom. The summed E-state index contributed by atoms with van der Waals surface area (Å²) in [6, 6.07) is 2.17. The summed E-state index contributed by atoms with van der Waals surface area (Å²) in [7, 11) is 0. The molecule has 0 saturated heterocycles. The van der Waals surface area contributed by atoms with E-state index < -0.39 is 24.5 Å². The number of nitrogens with zero attached hydrogens (tertiary/aromatic N) is 2. The van der Waals surface area contributed by atoms with E-state index in [1.807, 2.05) is 0 Å². The number of aliphatic hydroxyl groups is 1. The fourth-order valence-electron chi connectivity index (χ4n) is 1.82. The van der Waals surface area contributed by atoms with Gasteiger partial charge in [0.1, 0.15) is 11.3 Å². The largest absolute Gasteiger partial charge is 0.480 e. The Balaban J connectivity index is 2.41. The molecule has 20 heavy (non-hydrogen) atoms. The third kappa shape index (κ3) is 2.66. The van der Waals surface area contributed by atoms with Crippen LogP contribution in [0.1, 0.15) is 16.2 Å². The van der Waals surface area contributed by atoms with Crippen molar-refractivity contribution in [2.75, 3.05) is 6.61 Å². The molecule has 2 rings (SSSR count). The van der Waals surface area contributed by atoms with Crippen LogP contribution in [0.5, 0.6) is 0 Å². The number of carbonyl (C=O) groups is 2. The lowest BCUT2D eigenvalue weighted by Crippen LogP contribution is -2.43. The van der Waals surface area contributed by atoms with Gasteiger partial charge in [0.25, 0.3) is 5.91 Å². The number of amides is 1. The second-order valence-corrected chi connectivity index (χ2v) is 5.08. The molecular formula is C12H12BrN3O4. The number of carboxylic acid groups (broad SMARTS) is 1. The van der Waals surface area contributed by atoms with Gasteiger partial charge in [-0.2, -0.15) is 0 Å². The van der Waals surface area contributed by atoms with Crippen molar-refractivity contribution in [2.24, 2.45) is 0 Å². The highest BCUT2D eigenvalue weighted by Crippen LogP contribution is 2.16. The summed E-state index contributed by atoms with van der Waals surface area (Å²) in [5, 5.41) is 20.0. The highest BCUT2D eigenvalue weighted by Gasteiger charge is 2.23.